The average Bonchev–Trinajstić information content (AvgIpc) is 2.48. The number of nitrogens with zero attached hydrogens (tertiary/aromatic N) is 2. The maximum absolute atomic E-state index is 12.1. The van der Waals surface area contributed by atoms with Crippen molar-refractivity contribution in [3.05, 3.63) is 35.4 Å². The normalized spacial score (nSPS) is 20.3. The Morgan fingerprint density at radius 1 is 1.35 bits per heavy atom. The van der Waals surface area contributed by atoms with Crippen LogP contribution >= 0.6 is 0 Å². The molecule has 0 atom stereocenters. The lowest BCUT2D eigenvalue weighted by Gasteiger charge is -2.39. The number of hydrogen-bond acceptors (Lipinski definition) is 3. The van der Waals surface area contributed by atoms with E-state index >= 15 is 0 Å². The molecule has 0 unspecified atom stereocenters. The van der Waals surface area contributed by atoms with E-state index in [1.807, 2.05) is 11.0 Å². The summed E-state index contributed by atoms with van der Waals surface area (Å²) in [6.07, 6.45) is 0.918. The SMILES string of the molecule is CN=C(NCCc1ccccc1C)N1CCS(=O)(=O)C(C)(C)C1. The maximum atomic E-state index is 12.1. The van der Waals surface area contributed by atoms with Gasteiger partial charge in [-0.15, -0.1) is 0 Å². The molecule has 0 saturated carbocycles. The van der Waals surface area contributed by atoms with Crippen LogP contribution in [0.4, 0.5) is 0 Å². The summed E-state index contributed by atoms with van der Waals surface area (Å²) in [6.45, 7) is 7.43. The molecule has 128 valence electrons. The Bertz CT molecular complexity index is 681. The van der Waals surface area contributed by atoms with Gasteiger partial charge in [-0.25, -0.2) is 8.42 Å². The number of nitrogens with one attached hydrogen (secondary N) is 1. The van der Waals surface area contributed by atoms with E-state index in [-0.39, 0.29) is 5.75 Å². The predicted molar refractivity (Wildman–Crippen MR) is 95.7 cm³/mol. The average molecular weight is 337 g/mol. The lowest BCUT2D eigenvalue weighted by Crippen LogP contribution is -2.57. The molecule has 1 saturated heterocycles. The molecular formula is C17H27N3O2S. The van der Waals surface area contributed by atoms with E-state index in [1.54, 1.807) is 20.9 Å². The molecule has 5 nitrogen and oxygen atoms in total. The van der Waals surface area contributed by atoms with Gasteiger partial charge in [-0.3, -0.25) is 4.99 Å². The number of hydrogen-bond donors (Lipinski definition) is 1. The molecule has 1 N–H and O–H groups in total. The van der Waals surface area contributed by atoms with E-state index in [0.29, 0.717) is 13.1 Å². The largest absolute Gasteiger partial charge is 0.356 e. The molecule has 0 aromatic heterocycles. The van der Waals surface area contributed by atoms with Crippen LogP contribution in [0.5, 0.6) is 0 Å². The van der Waals surface area contributed by atoms with Crippen LogP contribution < -0.4 is 5.32 Å². The molecule has 0 radical (unpaired) electrons. The van der Waals surface area contributed by atoms with Crippen LogP contribution in [0.2, 0.25) is 0 Å². The van der Waals surface area contributed by atoms with Crippen molar-refractivity contribution >= 4 is 15.8 Å². The monoisotopic (exact) mass is 337 g/mol. The van der Waals surface area contributed by atoms with Crippen LogP contribution in [0.25, 0.3) is 0 Å². The van der Waals surface area contributed by atoms with Crippen molar-refractivity contribution in [3.8, 4) is 0 Å². The third kappa shape index (κ3) is 4.05. The Morgan fingerprint density at radius 2 is 2.04 bits per heavy atom. The first kappa shape index (κ1) is 17.8. The van der Waals surface area contributed by atoms with Gasteiger partial charge in [-0.1, -0.05) is 24.3 Å². The van der Waals surface area contributed by atoms with Gasteiger partial charge in [0.05, 0.1) is 10.5 Å². The fraction of sp³-hybridized carbons (Fsp3) is 0.588. The van der Waals surface area contributed by atoms with Crippen molar-refractivity contribution in [2.75, 3.05) is 32.4 Å². The van der Waals surface area contributed by atoms with Gasteiger partial charge < -0.3 is 10.2 Å². The van der Waals surface area contributed by atoms with Crippen LogP contribution in [-0.4, -0.2) is 56.5 Å². The van der Waals surface area contributed by atoms with E-state index in [2.05, 4.69) is 35.4 Å². The molecule has 0 bridgehead atoms. The Morgan fingerprint density at radius 3 is 2.65 bits per heavy atom. The Labute approximate surface area is 139 Å². The van der Waals surface area contributed by atoms with Crippen LogP contribution in [0.3, 0.4) is 0 Å². The smallest absolute Gasteiger partial charge is 0.193 e. The number of aryl methyl sites for hydroxylation is 1. The molecule has 0 amide bonds. The van der Waals surface area contributed by atoms with E-state index in [1.165, 1.54) is 11.1 Å². The third-order valence-electron chi connectivity index (χ3n) is 4.49. The highest BCUT2D eigenvalue weighted by molar-refractivity contribution is 7.92. The maximum Gasteiger partial charge on any atom is 0.193 e. The number of sulfone groups is 1. The van der Waals surface area contributed by atoms with E-state index in [4.69, 9.17) is 0 Å². The summed E-state index contributed by atoms with van der Waals surface area (Å²) in [5.41, 5.74) is 2.60. The van der Waals surface area contributed by atoms with Gasteiger partial charge in [-0.2, -0.15) is 0 Å². The molecule has 0 spiro atoms. The molecule has 2 rings (SSSR count). The second-order valence-electron chi connectivity index (χ2n) is 6.65. The predicted octanol–water partition coefficient (Wildman–Crippen LogP) is 1.62. The van der Waals surface area contributed by atoms with Gasteiger partial charge in [0.2, 0.25) is 0 Å². The standard InChI is InChI=1S/C17H27N3O2S/c1-14-7-5-6-8-15(14)9-10-19-16(18-4)20-11-12-23(21,22)17(2,3)13-20/h5-8H,9-13H2,1-4H3,(H,18,19). The summed E-state index contributed by atoms with van der Waals surface area (Å²) in [6, 6.07) is 8.34. The van der Waals surface area contributed by atoms with Crippen LogP contribution in [-0.2, 0) is 16.3 Å². The summed E-state index contributed by atoms with van der Waals surface area (Å²) < 4.78 is 23.5. The molecule has 1 aliphatic heterocycles. The topological polar surface area (TPSA) is 61.8 Å². The summed E-state index contributed by atoms with van der Waals surface area (Å²) in [7, 11) is -1.29. The molecule has 0 aliphatic carbocycles. The Kier molecular flexibility index (Phi) is 5.34. The zero-order chi connectivity index (χ0) is 17.1. The highest BCUT2D eigenvalue weighted by atomic mass is 32.2. The molecule has 1 heterocycles. The third-order valence-corrected chi connectivity index (χ3v) is 7.03. The zero-order valence-corrected chi connectivity index (χ0v) is 15.3. The molecule has 1 aromatic carbocycles. The number of guanidine groups is 1. The summed E-state index contributed by atoms with van der Waals surface area (Å²) in [5, 5.41) is 3.36. The lowest BCUT2D eigenvalue weighted by molar-refractivity contribution is 0.353. The van der Waals surface area contributed by atoms with Gasteiger partial charge >= 0.3 is 0 Å². The lowest BCUT2D eigenvalue weighted by atomic mass is 10.1. The summed E-state index contributed by atoms with van der Waals surface area (Å²) >= 11 is 0. The summed E-state index contributed by atoms with van der Waals surface area (Å²) in [5.74, 6) is 0.958. The molecule has 23 heavy (non-hydrogen) atoms. The minimum Gasteiger partial charge on any atom is -0.356 e. The summed E-state index contributed by atoms with van der Waals surface area (Å²) in [4.78, 5) is 6.36. The number of rotatable bonds is 3. The minimum absolute atomic E-state index is 0.179. The molecule has 1 fully saturated rings. The second kappa shape index (κ2) is 6.91. The first-order valence-corrected chi connectivity index (χ1v) is 9.64. The van der Waals surface area contributed by atoms with Crippen LogP contribution in [0.15, 0.2) is 29.3 Å². The molecular weight excluding hydrogens is 310 g/mol. The minimum atomic E-state index is -3.03. The van der Waals surface area contributed by atoms with E-state index < -0.39 is 14.6 Å². The Hall–Kier alpha value is -1.56. The molecule has 1 aromatic rings. The fourth-order valence-electron chi connectivity index (χ4n) is 2.86. The highest BCUT2D eigenvalue weighted by Crippen LogP contribution is 2.23. The fourth-order valence-corrected chi connectivity index (χ4v) is 4.22. The number of benzene rings is 1. The number of aliphatic imine (C=N–C) groups is 1. The second-order valence-corrected chi connectivity index (χ2v) is 9.39. The van der Waals surface area contributed by atoms with Crippen molar-refractivity contribution in [1.82, 2.24) is 10.2 Å². The van der Waals surface area contributed by atoms with Gasteiger partial charge in [-0.05, 0) is 38.3 Å². The zero-order valence-electron chi connectivity index (χ0n) is 14.5. The van der Waals surface area contributed by atoms with Gasteiger partial charge in [0.25, 0.3) is 0 Å². The first-order chi connectivity index (χ1) is 10.8. The molecule has 1 aliphatic rings. The van der Waals surface area contributed by atoms with Gasteiger partial charge in [0.15, 0.2) is 15.8 Å². The highest BCUT2D eigenvalue weighted by Gasteiger charge is 2.40. The van der Waals surface area contributed by atoms with Crippen molar-refractivity contribution in [2.24, 2.45) is 4.99 Å². The van der Waals surface area contributed by atoms with Crippen LogP contribution in [0, 0.1) is 6.92 Å². The van der Waals surface area contributed by atoms with Crippen molar-refractivity contribution in [3.63, 3.8) is 0 Å². The van der Waals surface area contributed by atoms with Crippen LogP contribution in [0.1, 0.15) is 25.0 Å². The van der Waals surface area contributed by atoms with E-state index in [0.717, 1.165) is 18.9 Å². The van der Waals surface area contributed by atoms with Gasteiger partial charge in [0, 0.05) is 26.7 Å². The quantitative estimate of drug-likeness (QED) is 0.672. The van der Waals surface area contributed by atoms with Gasteiger partial charge in [0.1, 0.15) is 0 Å². The van der Waals surface area contributed by atoms with Crippen molar-refractivity contribution in [1.29, 1.82) is 0 Å². The van der Waals surface area contributed by atoms with Crippen molar-refractivity contribution < 1.29 is 8.42 Å². The Balaban J connectivity index is 1.95. The molecule has 6 heteroatoms. The first-order valence-electron chi connectivity index (χ1n) is 7.99. The van der Waals surface area contributed by atoms with E-state index in [9.17, 15) is 8.42 Å². The van der Waals surface area contributed by atoms with Crippen molar-refractivity contribution in [2.45, 2.75) is 31.9 Å².